The first-order valence-electron chi connectivity index (χ1n) is 6.27. The highest BCUT2D eigenvalue weighted by molar-refractivity contribution is 9.10. The Balaban J connectivity index is 2.29. The second-order valence-corrected chi connectivity index (χ2v) is 5.84. The minimum absolute atomic E-state index is 0.836. The lowest BCUT2D eigenvalue weighted by molar-refractivity contribution is 0.887. The van der Waals surface area contributed by atoms with Crippen LogP contribution in [0.3, 0.4) is 0 Å². The molecule has 0 saturated carbocycles. The zero-order valence-corrected chi connectivity index (χ0v) is 13.4. The summed E-state index contributed by atoms with van der Waals surface area (Å²) in [7, 11) is 0. The smallest absolute Gasteiger partial charge is 0.131 e. The molecule has 0 fully saturated rings. The molecule has 0 radical (unpaired) electrons. The molecule has 1 aromatic heterocycles. The fraction of sp³-hybridized carbons (Fsp3) is 0.286. The van der Waals surface area contributed by atoms with Crippen molar-refractivity contribution >= 4 is 33.5 Å². The van der Waals surface area contributed by atoms with Crippen molar-refractivity contribution in [1.29, 1.82) is 0 Å². The second-order valence-electron chi connectivity index (χ2n) is 3.92. The standard InChI is InChI=1S/C14H16BrN3S/c1-3-12-17-13(16-4-2)9-14(18-12)19-11-8-6-5-7-10(11)15/h5-9H,3-4H2,1-2H3,(H,16,17,18). The number of nitrogens with one attached hydrogen (secondary N) is 1. The number of benzene rings is 1. The van der Waals surface area contributed by atoms with Crippen molar-refractivity contribution in [2.24, 2.45) is 0 Å². The van der Waals surface area contributed by atoms with E-state index in [0.717, 1.165) is 39.0 Å². The molecule has 1 heterocycles. The summed E-state index contributed by atoms with van der Waals surface area (Å²) in [5, 5.41) is 4.21. The van der Waals surface area contributed by atoms with Crippen LogP contribution in [0.4, 0.5) is 5.82 Å². The average Bonchev–Trinajstić information content (AvgIpc) is 2.41. The molecule has 3 nitrogen and oxygen atoms in total. The van der Waals surface area contributed by atoms with Gasteiger partial charge in [0.15, 0.2) is 0 Å². The quantitative estimate of drug-likeness (QED) is 0.821. The second kappa shape index (κ2) is 6.91. The third-order valence-electron chi connectivity index (χ3n) is 2.47. The Morgan fingerprint density at radius 1 is 1.21 bits per heavy atom. The van der Waals surface area contributed by atoms with Crippen LogP contribution in [0.5, 0.6) is 0 Å². The van der Waals surface area contributed by atoms with Gasteiger partial charge in [0.25, 0.3) is 0 Å². The molecule has 0 bridgehead atoms. The van der Waals surface area contributed by atoms with Gasteiger partial charge >= 0.3 is 0 Å². The summed E-state index contributed by atoms with van der Waals surface area (Å²) in [6, 6.07) is 10.1. The van der Waals surface area contributed by atoms with Crippen LogP contribution < -0.4 is 5.32 Å². The van der Waals surface area contributed by atoms with Gasteiger partial charge < -0.3 is 5.32 Å². The normalized spacial score (nSPS) is 10.5. The van der Waals surface area contributed by atoms with Crippen molar-refractivity contribution < 1.29 is 0 Å². The van der Waals surface area contributed by atoms with Gasteiger partial charge in [-0.3, -0.25) is 0 Å². The molecule has 0 spiro atoms. The SMILES string of the molecule is CCNc1cc(Sc2ccccc2Br)nc(CC)n1. The van der Waals surface area contributed by atoms with Crippen molar-refractivity contribution in [2.45, 2.75) is 30.2 Å². The molecule has 5 heteroatoms. The van der Waals surface area contributed by atoms with Gasteiger partial charge in [0.1, 0.15) is 16.7 Å². The molecular formula is C14H16BrN3S. The molecule has 0 amide bonds. The Morgan fingerprint density at radius 2 is 2.00 bits per heavy atom. The molecule has 0 saturated heterocycles. The Labute approximate surface area is 126 Å². The van der Waals surface area contributed by atoms with Gasteiger partial charge in [-0.15, -0.1) is 0 Å². The molecular weight excluding hydrogens is 322 g/mol. The van der Waals surface area contributed by atoms with Gasteiger partial charge in [-0.25, -0.2) is 9.97 Å². The van der Waals surface area contributed by atoms with Crippen LogP contribution in [-0.2, 0) is 6.42 Å². The fourth-order valence-electron chi connectivity index (χ4n) is 1.59. The van der Waals surface area contributed by atoms with E-state index in [1.807, 2.05) is 24.3 Å². The summed E-state index contributed by atoms with van der Waals surface area (Å²) in [6.07, 6.45) is 0.836. The van der Waals surface area contributed by atoms with Crippen molar-refractivity contribution in [3.63, 3.8) is 0 Å². The highest BCUT2D eigenvalue weighted by atomic mass is 79.9. The van der Waals surface area contributed by atoms with Gasteiger partial charge in [0.05, 0.1) is 0 Å². The number of aromatic nitrogens is 2. The van der Waals surface area contributed by atoms with Gasteiger partial charge in [-0.1, -0.05) is 30.8 Å². The van der Waals surface area contributed by atoms with Crippen molar-refractivity contribution in [2.75, 3.05) is 11.9 Å². The third-order valence-corrected chi connectivity index (χ3v) is 4.42. The Morgan fingerprint density at radius 3 is 2.68 bits per heavy atom. The third kappa shape index (κ3) is 3.94. The molecule has 2 rings (SSSR count). The molecule has 1 aromatic carbocycles. The first kappa shape index (κ1) is 14.3. The maximum Gasteiger partial charge on any atom is 0.131 e. The van der Waals surface area contributed by atoms with Crippen LogP contribution in [0.2, 0.25) is 0 Å². The number of rotatable bonds is 5. The zero-order chi connectivity index (χ0) is 13.7. The summed E-state index contributed by atoms with van der Waals surface area (Å²) in [4.78, 5) is 10.2. The van der Waals surface area contributed by atoms with E-state index >= 15 is 0 Å². The monoisotopic (exact) mass is 337 g/mol. The predicted octanol–water partition coefficient (Wildman–Crippen LogP) is 4.38. The molecule has 0 aliphatic carbocycles. The van der Waals surface area contributed by atoms with E-state index in [9.17, 15) is 0 Å². The number of halogens is 1. The van der Waals surface area contributed by atoms with E-state index in [1.165, 1.54) is 0 Å². The maximum atomic E-state index is 4.56. The summed E-state index contributed by atoms with van der Waals surface area (Å²) in [5.74, 6) is 1.76. The van der Waals surface area contributed by atoms with Crippen LogP contribution in [-0.4, -0.2) is 16.5 Å². The lowest BCUT2D eigenvalue weighted by Crippen LogP contribution is -2.03. The maximum absolute atomic E-state index is 4.56. The molecule has 1 N–H and O–H groups in total. The summed E-state index contributed by atoms with van der Waals surface area (Å²) < 4.78 is 1.08. The highest BCUT2D eigenvalue weighted by Crippen LogP contribution is 2.32. The van der Waals surface area contributed by atoms with Crippen LogP contribution in [0.1, 0.15) is 19.7 Å². The Kier molecular flexibility index (Phi) is 5.22. The van der Waals surface area contributed by atoms with Crippen LogP contribution in [0, 0.1) is 0 Å². The molecule has 0 atom stereocenters. The van der Waals surface area contributed by atoms with Gasteiger partial charge in [-0.2, -0.15) is 0 Å². The van der Waals surface area contributed by atoms with Crippen molar-refractivity contribution in [3.05, 3.63) is 40.6 Å². The van der Waals surface area contributed by atoms with Crippen LogP contribution in [0.25, 0.3) is 0 Å². The first-order chi connectivity index (χ1) is 9.22. The summed E-state index contributed by atoms with van der Waals surface area (Å²) in [6.45, 7) is 4.99. The zero-order valence-electron chi connectivity index (χ0n) is 11.0. The van der Waals surface area contributed by atoms with E-state index in [1.54, 1.807) is 11.8 Å². The lowest BCUT2D eigenvalue weighted by Gasteiger charge is -2.08. The molecule has 100 valence electrons. The summed E-state index contributed by atoms with van der Waals surface area (Å²) >= 11 is 5.20. The van der Waals surface area contributed by atoms with Gasteiger partial charge in [-0.05, 0) is 35.0 Å². The molecule has 2 aromatic rings. The lowest BCUT2D eigenvalue weighted by atomic mass is 10.4. The Hall–Kier alpha value is -1.07. The topological polar surface area (TPSA) is 37.8 Å². The predicted molar refractivity (Wildman–Crippen MR) is 83.8 cm³/mol. The number of nitrogens with zero attached hydrogens (tertiary/aromatic N) is 2. The van der Waals surface area contributed by atoms with E-state index in [4.69, 9.17) is 0 Å². The number of anilines is 1. The summed E-state index contributed by atoms with van der Waals surface area (Å²) in [5.41, 5.74) is 0. The largest absolute Gasteiger partial charge is 0.370 e. The minimum Gasteiger partial charge on any atom is -0.370 e. The van der Waals surface area contributed by atoms with Crippen molar-refractivity contribution in [3.8, 4) is 0 Å². The number of hydrogen-bond acceptors (Lipinski definition) is 4. The van der Waals surface area contributed by atoms with E-state index in [-0.39, 0.29) is 0 Å². The molecule has 0 unspecified atom stereocenters. The van der Waals surface area contributed by atoms with E-state index < -0.39 is 0 Å². The van der Waals surface area contributed by atoms with E-state index in [0.29, 0.717) is 0 Å². The average molecular weight is 338 g/mol. The van der Waals surface area contributed by atoms with E-state index in [2.05, 4.69) is 51.1 Å². The fourth-order valence-corrected chi connectivity index (χ4v) is 2.98. The van der Waals surface area contributed by atoms with Crippen LogP contribution >= 0.6 is 27.7 Å². The molecule has 0 aliphatic heterocycles. The highest BCUT2D eigenvalue weighted by Gasteiger charge is 2.07. The minimum atomic E-state index is 0.836. The van der Waals surface area contributed by atoms with Crippen molar-refractivity contribution in [1.82, 2.24) is 9.97 Å². The Bertz CT molecular complexity index is 560. The number of aryl methyl sites for hydroxylation is 1. The van der Waals surface area contributed by atoms with Gasteiger partial charge in [0, 0.05) is 28.4 Å². The van der Waals surface area contributed by atoms with Gasteiger partial charge in [0.2, 0.25) is 0 Å². The molecule has 0 aliphatic rings. The first-order valence-corrected chi connectivity index (χ1v) is 7.88. The van der Waals surface area contributed by atoms with Crippen LogP contribution in [0.15, 0.2) is 44.7 Å². The number of hydrogen-bond donors (Lipinski definition) is 1. The molecule has 19 heavy (non-hydrogen) atoms.